The van der Waals surface area contributed by atoms with E-state index in [9.17, 15) is 9.59 Å². The molecule has 2 unspecified atom stereocenters. The zero-order valence-electron chi connectivity index (χ0n) is 5.79. The second kappa shape index (κ2) is 1.68. The fourth-order valence-corrected chi connectivity index (χ4v) is 1.34. The Kier molecular flexibility index (Phi) is 0.991. The van der Waals surface area contributed by atoms with E-state index in [2.05, 4.69) is 13.2 Å². The average molecular weight is 150 g/mol. The van der Waals surface area contributed by atoms with Crippen LogP contribution in [0, 0.1) is 0 Å². The van der Waals surface area contributed by atoms with Gasteiger partial charge in [-0.05, 0) is 0 Å². The van der Waals surface area contributed by atoms with Crippen LogP contribution in [-0.2, 0) is 14.3 Å². The molecule has 0 amide bonds. The molecule has 0 saturated carbocycles. The molecule has 56 valence electrons. The summed E-state index contributed by atoms with van der Waals surface area (Å²) < 4.78 is 5.02. The van der Waals surface area contributed by atoms with Crippen molar-refractivity contribution < 1.29 is 14.3 Å². The second-order valence-corrected chi connectivity index (χ2v) is 2.68. The maximum absolute atomic E-state index is 11.1. The summed E-state index contributed by atoms with van der Waals surface area (Å²) in [6, 6.07) is 0. The van der Waals surface area contributed by atoms with E-state index in [1.54, 1.807) is 0 Å². The maximum Gasteiger partial charge on any atom is 0.194 e. The zero-order chi connectivity index (χ0) is 8.17. The number of ketones is 2. The van der Waals surface area contributed by atoms with Crippen LogP contribution in [0.15, 0.2) is 24.3 Å². The summed E-state index contributed by atoms with van der Waals surface area (Å²) in [7, 11) is 0. The quantitative estimate of drug-likeness (QED) is 0.457. The van der Waals surface area contributed by atoms with E-state index in [-0.39, 0.29) is 22.7 Å². The highest BCUT2D eigenvalue weighted by atomic mass is 16.5. The first-order chi connectivity index (χ1) is 5.13. The van der Waals surface area contributed by atoms with Gasteiger partial charge in [-0.3, -0.25) is 9.59 Å². The highest BCUT2D eigenvalue weighted by Crippen LogP contribution is 2.34. The number of Topliss-reactive ketones (excluding diaryl/α,β-unsaturated/α-hetero) is 2. The third-order valence-corrected chi connectivity index (χ3v) is 2.01. The van der Waals surface area contributed by atoms with Crippen molar-refractivity contribution in [2.75, 3.05) is 0 Å². The van der Waals surface area contributed by atoms with Crippen LogP contribution in [0.4, 0.5) is 0 Å². The molecule has 2 aliphatic rings. The molecule has 0 radical (unpaired) electrons. The Bertz CT molecular complexity index is 242. The number of fused-ring (bicyclic) bond motifs is 2. The van der Waals surface area contributed by atoms with Crippen LogP contribution in [-0.4, -0.2) is 23.8 Å². The lowest BCUT2D eigenvalue weighted by Crippen LogP contribution is -2.27. The molecule has 0 N–H and O–H groups in total. The van der Waals surface area contributed by atoms with E-state index in [1.165, 1.54) is 0 Å². The maximum atomic E-state index is 11.1. The van der Waals surface area contributed by atoms with E-state index < -0.39 is 12.2 Å². The lowest BCUT2D eigenvalue weighted by atomic mass is 9.90. The number of carbonyl (C=O) groups excluding carboxylic acids is 2. The Hall–Kier alpha value is -1.22. The van der Waals surface area contributed by atoms with Crippen LogP contribution in [0.5, 0.6) is 0 Å². The van der Waals surface area contributed by atoms with Crippen LogP contribution in [0.1, 0.15) is 0 Å². The second-order valence-electron chi connectivity index (χ2n) is 2.68. The van der Waals surface area contributed by atoms with Gasteiger partial charge in [-0.15, -0.1) is 0 Å². The predicted octanol–water partition coefficient (Wildman–Crippen LogP) is 0.0180. The number of hydrogen-bond donors (Lipinski definition) is 0. The topological polar surface area (TPSA) is 43.4 Å². The summed E-state index contributed by atoms with van der Waals surface area (Å²) in [5.74, 6) is -0.390. The third kappa shape index (κ3) is 0.563. The lowest BCUT2D eigenvalue weighted by Gasteiger charge is -2.06. The minimum absolute atomic E-state index is 0.195. The van der Waals surface area contributed by atoms with Crippen molar-refractivity contribution in [3.05, 3.63) is 24.3 Å². The van der Waals surface area contributed by atoms with E-state index in [4.69, 9.17) is 4.74 Å². The highest BCUT2D eigenvalue weighted by Gasteiger charge is 2.51. The van der Waals surface area contributed by atoms with Gasteiger partial charge < -0.3 is 4.74 Å². The Balaban J connectivity index is 2.50. The van der Waals surface area contributed by atoms with Gasteiger partial charge in [0.05, 0.1) is 0 Å². The summed E-state index contributed by atoms with van der Waals surface area (Å²) >= 11 is 0. The summed E-state index contributed by atoms with van der Waals surface area (Å²) in [4.78, 5) is 22.2. The molecule has 0 aromatic heterocycles. The molecule has 0 aromatic carbocycles. The van der Waals surface area contributed by atoms with E-state index in [0.717, 1.165) is 0 Å². The molecule has 2 saturated heterocycles. The summed E-state index contributed by atoms with van der Waals surface area (Å²) in [5.41, 5.74) is 0.541. The van der Waals surface area contributed by atoms with Crippen molar-refractivity contribution in [3.63, 3.8) is 0 Å². The van der Waals surface area contributed by atoms with Gasteiger partial charge in [0, 0.05) is 11.1 Å². The normalized spacial score (nSPS) is 35.6. The molecular formula is C8H6O3. The molecule has 0 spiro atoms. The van der Waals surface area contributed by atoms with Crippen LogP contribution in [0.25, 0.3) is 0 Å². The number of ether oxygens (including phenoxy) is 1. The largest absolute Gasteiger partial charge is 0.349 e. The van der Waals surface area contributed by atoms with Crippen molar-refractivity contribution in [1.29, 1.82) is 0 Å². The summed E-state index contributed by atoms with van der Waals surface area (Å²) in [6.45, 7) is 6.93. The fourth-order valence-electron chi connectivity index (χ4n) is 1.34. The Labute approximate surface area is 63.3 Å². The Morgan fingerprint density at radius 1 is 1.00 bits per heavy atom. The molecule has 2 bridgehead atoms. The Morgan fingerprint density at radius 2 is 1.36 bits per heavy atom. The van der Waals surface area contributed by atoms with Crippen LogP contribution in [0.2, 0.25) is 0 Å². The molecule has 0 aliphatic carbocycles. The number of rotatable bonds is 0. The first kappa shape index (κ1) is 6.49. The Morgan fingerprint density at radius 3 is 1.64 bits per heavy atom. The van der Waals surface area contributed by atoms with Gasteiger partial charge in [0.2, 0.25) is 0 Å². The first-order valence-electron chi connectivity index (χ1n) is 3.24. The van der Waals surface area contributed by atoms with Crippen molar-refractivity contribution in [2.45, 2.75) is 12.2 Å². The van der Waals surface area contributed by atoms with E-state index in [0.29, 0.717) is 0 Å². The predicted molar refractivity (Wildman–Crippen MR) is 37.0 cm³/mol. The van der Waals surface area contributed by atoms with Crippen molar-refractivity contribution in [2.24, 2.45) is 0 Å². The fraction of sp³-hybridized carbons (Fsp3) is 0.250. The SMILES string of the molecule is C=C1C(=O)C2OC1C(=O)C2=C. The van der Waals surface area contributed by atoms with Crippen molar-refractivity contribution in [1.82, 2.24) is 0 Å². The molecule has 3 nitrogen and oxygen atoms in total. The minimum Gasteiger partial charge on any atom is -0.349 e. The number of carbonyl (C=O) groups is 2. The van der Waals surface area contributed by atoms with Gasteiger partial charge in [0.1, 0.15) is 12.2 Å². The van der Waals surface area contributed by atoms with Gasteiger partial charge in [-0.25, -0.2) is 0 Å². The smallest absolute Gasteiger partial charge is 0.194 e. The molecule has 2 atom stereocenters. The monoisotopic (exact) mass is 150 g/mol. The highest BCUT2D eigenvalue weighted by molar-refractivity contribution is 6.22. The van der Waals surface area contributed by atoms with Gasteiger partial charge in [0.15, 0.2) is 11.6 Å². The van der Waals surface area contributed by atoms with Gasteiger partial charge in [-0.2, -0.15) is 0 Å². The van der Waals surface area contributed by atoms with E-state index in [1.807, 2.05) is 0 Å². The van der Waals surface area contributed by atoms with Gasteiger partial charge >= 0.3 is 0 Å². The molecule has 2 rings (SSSR count). The molecular weight excluding hydrogens is 144 g/mol. The molecule has 2 heterocycles. The molecule has 11 heavy (non-hydrogen) atoms. The average Bonchev–Trinajstić information content (AvgIpc) is 2.40. The van der Waals surface area contributed by atoms with E-state index >= 15 is 0 Å². The molecule has 3 heteroatoms. The molecule has 2 fully saturated rings. The van der Waals surface area contributed by atoms with Gasteiger partial charge in [-0.1, -0.05) is 13.2 Å². The summed E-state index contributed by atoms with van der Waals surface area (Å²) in [6.07, 6.45) is -1.44. The zero-order valence-corrected chi connectivity index (χ0v) is 5.79. The van der Waals surface area contributed by atoms with Crippen molar-refractivity contribution >= 4 is 11.6 Å². The first-order valence-corrected chi connectivity index (χ1v) is 3.24. The van der Waals surface area contributed by atoms with Crippen LogP contribution >= 0.6 is 0 Å². The van der Waals surface area contributed by atoms with Crippen LogP contribution in [0.3, 0.4) is 0 Å². The van der Waals surface area contributed by atoms with Gasteiger partial charge in [0.25, 0.3) is 0 Å². The lowest BCUT2D eigenvalue weighted by molar-refractivity contribution is -0.120. The minimum atomic E-state index is -0.722. The standard InChI is InChI=1S/C8H6O3/c1-3-5(9)8-4(2)6(10)7(3)11-8/h7-8H,1-2H2. The summed E-state index contributed by atoms with van der Waals surface area (Å²) in [5, 5.41) is 0. The third-order valence-electron chi connectivity index (χ3n) is 2.01. The molecule has 2 aliphatic heterocycles. The van der Waals surface area contributed by atoms with Crippen LogP contribution < -0.4 is 0 Å². The van der Waals surface area contributed by atoms with Crippen molar-refractivity contribution in [3.8, 4) is 0 Å². The number of hydrogen-bond acceptors (Lipinski definition) is 3. The molecule has 0 aromatic rings.